The van der Waals surface area contributed by atoms with E-state index in [9.17, 15) is 4.79 Å². The second kappa shape index (κ2) is 6.75. The van der Waals surface area contributed by atoms with Crippen molar-refractivity contribution in [2.75, 3.05) is 0 Å². The van der Waals surface area contributed by atoms with Crippen molar-refractivity contribution < 1.29 is 14.6 Å². The normalized spacial score (nSPS) is 10.3. The minimum Gasteiger partial charge on any atom is -0.449 e. The van der Waals surface area contributed by atoms with Gasteiger partial charge < -0.3 is 9.84 Å². The summed E-state index contributed by atoms with van der Waals surface area (Å²) in [5.74, 6) is 0.132. The molecule has 0 fully saturated rings. The van der Waals surface area contributed by atoms with Gasteiger partial charge >= 0.3 is 6.16 Å². The topological polar surface area (TPSA) is 59.4 Å². The summed E-state index contributed by atoms with van der Waals surface area (Å²) in [5, 5.41) is 8.76. The van der Waals surface area contributed by atoms with Gasteiger partial charge in [-0.2, -0.15) is 0 Å². The summed E-state index contributed by atoms with van der Waals surface area (Å²) >= 11 is 0. The number of nitrogens with zero attached hydrogens (tertiary/aromatic N) is 1. The van der Waals surface area contributed by atoms with Crippen LogP contribution in [0.2, 0.25) is 0 Å². The van der Waals surface area contributed by atoms with E-state index >= 15 is 0 Å². The average molecular weight is 305 g/mol. The van der Waals surface area contributed by atoms with Crippen LogP contribution in [0.3, 0.4) is 0 Å². The standard InChI is InChI=1S/C19H15NO3/c21-19(22)23-18-17(7-4-12-20-18)13-14-8-10-16(11-9-14)15-5-2-1-3-6-15/h1-12H,13H2,(H,21,22). The quantitative estimate of drug-likeness (QED) is 0.726. The number of carboxylic acid groups (broad SMARTS) is 1. The Hall–Kier alpha value is -3.14. The Morgan fingerprint density at radius 2 is 1.61 bits per heavy atom. The van der Waals surface area contributed by atoms with Gasteiger partial charge in [0, 0.05) is 18.2 Å². The second-order valence-corrected chi connectivity index (χ2v) is 5.08. The fraction of sp³-hybridized carbons (Fsp3) is 0.0526. The van der Waals surface area contributed by atoms with Crippen LogP contribution in [0, 0.1) is 0 Å². The lowest BCUT2D eigenvalue weighted by Gasteiger charge is -2.08. The molecule has 114 valence electrons. The van der Waals surface area contributed by atoms with Crippen molar-refractivity contribution in [3.05, 3.63) is 84.1 Å². The molecule has 0 saturated carbocycles. The molecular formula is C19H15NO3. The zero-order chi connectivity index (χ0) is 16.1. The lowest BCUT2D eigenvalue weighted by atomic mass is 10.0. The van der Waals surface area contributed by atoms with Crippen molar-refractivity contribution >= 4 is 6.16 Å². The molecule has 1 N–H and O–H groups in total. The van der Waals surface area contributed by atoms with Crippen LogP contribution in [0.15, 0.2) is 72.9 Å². The highest BCUT2D eigenvalue weighted by Gasteiger charge is 2.09. The van der Waals surface area contributed by atoms with Gasteiger partial charge in [0.05, 0.1) is 0 Å². The van der Waals surface area contributed by atoms with Crippen molar-refractivity contribution in [3.8, 4) is 17.0 Å². The summed E-state index contributed by atoms with van der Waals surface area (Å²) in [5.41, 5.74) is 4.10. The van der Waals surface area contributed by atoms with Gasteiger partial charge in [-0.3, -0.25) is 0 Å². The fourth-order valence-electron chi connectivity index (χ4n) is 2.40. The molecule has 23 heavy (non-hydrogen) atoms. The van der Waals surface area contributed by atoms with E-state index in [1.165, 1.54) is 6.20 Å². The molecule has 0 spiro atoms. The molecule has 1 aromatic heterocycles. The summed E-state index contributed by atoms with van der Waals surface area (Å²) in [6, 6.07) is 21.9. The Labute approximate surface area is 134 Å². The number of benzene rings is 2. The van der Waals surface area contributed by atoms with E-state index in [4.69, 9.17) is 9.84 Å². The molecule has 3 rings (SSSR count). The van der Waals surface area contributed by atoms with E-state index in [1.807, 2.05) is 36.4 Å². The van der Waals surface area contributed by atoms with E-state index in [1.54, 1.807) is 6.07 Å². The van der Waals surface area contributed by atoms with E-state index in [-0.39, 0.29) is 5.88 Å². The molecule has 0 radical (unpaired) electrons. The highest BCUT2D eigenvalue weighted by atomic mass is 16.7. The lowest BCUT2D eigenvalue weighted by molar-refractivity contribution is 0.142. The number of ether oxygens (including phenoxy) is 1. The molecule has 4 heteroatoms. The zero-order valence-corrected chi connectivity index (χ0v) is 12.3. The number of rotatable bonds is 4. The summed E-state index contributed by atoms with van der Waals surface area (Å²) in [7, 11) is 0. The summed E-state index contributed by atoms with van der Waals surface area (Å²) < 4.78 is 4.72. The molecule has 1 heterocycles. The minimum absolute atomic E-state index is 0.132. The maximum absolute atomic E-state index is 10.7. The maximum Gasteiger partial charge on any atom is 0.512 e. The molecule has 0 atom stereocenters. The molecule has 0 bridgehead atoms. The van der Waals surface area contributed by atoms with Crippen LogP contribution >= 0.6 is 0 Å². The lowest BCUT2D eigenvalue weighted by Crippen LogP contribution is -2.07. The van der Waals surface area contributed by atoms with E-state index in [2.05, 4.69) is 29.2 Å². The van der Waals surface area contributed by atoms with Crippen LogP contribution in [0.25, 0.3) is 11.1 Å². The molecule has 0 aliphatic rings. The predicted molar refractivity (Wildman–Crippen MR) is 87.6 cm³/mol. The fourth-order valence-corrected chi connectivity index (χ4v) is 2.40. The van der Waals surface area contributed by atoms with Gasteiger partial charge in [-0.1, -0.05) is 60.7 Å². The van der Waals surface area contributed by atoms with E-state index in [0.717, 1.165) is 22.3 Å². The molecule has 3 aromatic rings. The third-order valence-electron chi connectivity index (χ3n) is 3.49. The Morgan fingerprint density at radius 3 is 2.30 bits per heavy atom. The Morgan fingerprint density at radius 1 is 0.913 bits per heavy atom. The molecule has 0 saturated heterocycles. The van der Waals surface area contributed by atoms with Crippen molar-refractivity contribution in [1.29, 1.82) is 0 Å². The van der Waals surface area contributed by atoms with Gasteiger partial charge in [0.1, 0.15) is 0 Å². The van der Waals surface area contributed by atoms with Crippen LogP contribution in [0.5, 0.6) is 5.88 Å². The van der Waals surface area contributed by atoms with Crippen LogP contribution in [-0.2, 0) is 6.42 Å². The molecule has 4 nitrogen and oxygen atoms in total. The third kappa shape index (κ3) is 3.74. The first-order chi connectivity index (χ1) is 11.2. The SMILES string of the molecule is O=C(O)Oc1ncccc1Cc1ccc(-c2ccccc2)cc1. The van der Waals surface area contributed by atoms with Crippen LogP contribution in [0.1, 0.15) is 11.1 Å². The summed E-state index contributed by atoms with van der Waals surface area (Å²) in [4.78, 5) is 14.7. The average Bonchev–Trinajstić information content (AvgIpc) is 2.58. The van der Waals surface area contributed by atoms with Crippen molar-refractivity contribution in [2.45, 2.75) is 6.42 Å². The van der Waals surface area contributed by atoms with E-state index < -0.39 is 6.16 Å². The van der Waals surface area contributed by atoms with Crippen molar-refractivity contribution in [2.24, 2.45) is 0 Å². The van der Waals surface area contributed by atoms with Crippen molar-refractivity contribution in [3.63, 3.8) is 0 Å². The Bertz CT molecular complexity index is 798. The first kappa shape index (κ1) is 14.8. The number of aromatic nitrogens is 1. The highest BCUT2D eigenvalue weighted by molar-refractivity contribution is 5.64. The number of pyridine rings is 1. The molecule has 0 amide bonds. The van der Waals surface area contributed by atoms with Crippen LogP contribution in [-0.4, -0.2) is 16.2 Å². The van der Waals surface area contributed by atoms with Gasteiger partial charge in [-0.05, 0) is 22.8 Å². The monoisotopic (exact) mass is 305 g/mol. The smallest absolute Gasteiger partial charge is 0.449 e. The number of hydrogen-bond acceptors (Lipinski definition) is 3. The van der Waals surface area contributed by atoms with E-state index in [0.29, 0.717) is 6.42 Å². The molecular weight excluding hydrogens is 290 g/mol. The van der Waals surface area contributed by atoms with Gasteiger partial charge in [0.15, 0.2) is 0 Å². The van der Waals surface area contributed by atoms with Crippen molar-refractivity contribution in [1.82, 2.24) is 4.98 Å². The minimum atomic E-state index is -1.36. The molecule has 2 aromatic carbocycles. The van der Waals surface area contributed by atoms with Gasteiger partial charge in [-0.25, -0.2) is 9.78 Å². The summed E-state index contributed by atoms with van der Waals surface area (Å²) in [6.45, 7) is 0. The number of carbonyl (C=O) groups is 1. The molecule has 0 aliphatic heterocycles. The zero-order valence-electron chi connectivity index (χ0n) is 12.3. The second-order valence-electron chi connectivity index (χ2n) is 5.08. The summed E-state index contributed by atoms with van der Waals surface area (Å²) in [6.07, 6.45) is 0.718. The predicted octanol–water partition coefficient (Wildman–Crippen LogP) is 4.40. The first-order valence-electron chi connectivity index (χ1n) is 7.21. The Balaban J connectivity index is 1.80. The third-order valence-corrected chi connectivity index (χ3v) is 3.49. The van der Waals surface area contributed by atoms with Gasteiger partial charge in [-0.15, -0.1) is 0 Å². The number of hydrogen-bond donors (Lipinski definition) is 1. The van der Waals surface area contributed by atoms with Crippen LogP contribution in [0.4, 0.5) is 4.79 Å². The maximum atomic E-state index is 10.7. The molecule has 0 aliphatic carbocycles. The Kier molecular flexibility index (Phi) is 4.34. The van der Waals surface area contributed by atoms with Gasteiger partial charge in [0.25, 0.3) is 0 Å². The first-order valence-corrected chi connectivity index (χ1v) is 7.21. The van der Waals surface area contributed by atoms with Gasteiger partial charge in [0.2, 0.25) is 5.88 Å². The molecule has 0 unspecified atom stereocenters. The van der Waals surface area contributed by atoms with Crippen LogP contribution < -0.4 is 4.74 Å². The highest BCUT2D eigenvalue weighted by Crippen LogP contribution is 2.22. The largest absolute Gasteiger partial charge is 0.512 e.